The summed E-state index contributed by atoms with van der Waals surface area (Å²) in [4.78, 5) is 30.2. The molecule has 0 radical (unpaired) electrons. The minimum atomic E-state index is -1.77. The smallest absolute Gasteiger partial charge is 0.318 e. The Bertz CT molecular complexity index is 1880. The molecule has 0 amide bonds. The zero-order valence-corrected chi connectivity index (χ0v) is 39.1. The van der Waals surface area contributed by atoms with Gasteiger partial charge < -0.3 is 33.6 Å². The van der Waals surface area contributed by atoms with E-state index in [-0.39, 0.29) is 36.2 Å². The number of aliphatic hydroxyl groups is 1. The third-order valence-corrected chi connectivity index (χ3v) is 17.3. The molecular weight excluding hydrogens is 805 g/mol. The van der Waals surface area contributed by atoms with Crippen molar-refractivity contribution < 1.29 is 43.1 Å². The maximum Gasteiger partial charge on any atom is 0.318 e. The summed E-state index contributed by atoms with van der Waals surface area (Å²) in [5.41, 5.74) is -0.398. The first-order valence-electron chi connectivity index (χ1n) is 25.6. The predicted molar refractivity (Wildman–Crippen MR) is 245 cm³/mol. The van der Waals surface area contributed by atoms with Gasteiger partial charge in [0.2, 0.25) is 0 Å². The molecule has 9 heteroatoms. The number of esters is 1. The van der Waals surface area contributed by atoms with Crippen LogP contribution in [0.15, 0.2) is 72.3 Å². The minimum Gasteiger partial charge on any atom is -0.452 e. The van der Waals surface area contributed by atoms with Crippen LogP contribution in [-0.4, -0.2) is 67.3 Å². The second-order valence-electron chi connectivity index (χ2n) is 21.2. The van der Waals surface area contributed by atoms with Crippen LogP contribution in [0.5, 0.6) is 0 Å². The van der Waals surface area contributed by atoms with Crippen LogP contribution in [-0.2, 0) is 38.0 Å². The SMILES string of the molecule is CCCCCCCCCCCCCCCCOC1C2OC3(OCC45CC6C(C)CCC6C6(C=O)CC4C=C(C(C)C)C65C(=O)OC(c4ccccc4)c4ccccc4)OC2OC1C3O. The Labute approximate surface area is 382 Å². The van der Waals surface area contributed by atoms with E-state index in [0.29, 0.717) is 25.4 Å². The van der Waals surface area contributed by atoms with Crippen molar-refractivity contribution in [2.24, 2.45) is 45.8 Å². The highest BCUT2D eigenvalue weighted by Crippen LogP contribution is 2.83. The molecule has 7 fully saturated rings. The number of carbonyl (C=O) groups is 2. The van der Waals surface area contributed by atoms with Gasteiger partial charge in [-0.25, -0.2) is 0 Å². The highest BCUT2D eigenvalue weighted by Gasteiger charge is 2.85. The summed E-state index contributed by atoms with van der Waals surface area (Å²) in [6, 6.07) is 19.8. The fourth-order valence-electron chi connectivity index (χ4n) is 14.3. The van der Waals surface area contributed by atoms with E-state index in [9.17, 15) is 9.90 Å². The van der Waals surface area contributed by atoms with Gasteiger partial charge in [-0.3, -0.25) is 9.53 Å². The molecule has 8 aliphatic rings. The summed E-state index contributed by atoms with van der Waals surface area (Å²) in [5.74, 6) is -1.62. The van der Waals surface area contributed by atoms with Crippen LogP contribution < -0.4 is 0 Å². The third kappa shape index (κ3) is 7.68. The monoisotopic (exact) mass is 881 g/mol. The minimum absolute atomic E-state index is 0.0284. The Morgan fingerprint density at radius 3 is 2.02 bits per heavy atom. The molecule has 64 heavy (non-hydrogen) atoms. The van der Waals surface area contributed by atoms with Gasteiger partial charge in [-0.1, -0.05) is 190 Å². The number of fused-ring (bicyclic) bond motifs is 2. The van der Waals surface area contributed by atoms with Crippen LogP contribution in [0.1, 0.15) is 161 Å². The number of carbonyl (C=O) groups excluding carboxylic acids is 2. The Kier molecular flexibility index (Phi) is 14.0. The number of aliphatic hydroxyl groups excluding tert-OH is 1. The van der Waals surface area contributed by atoms with Crippen LogP contribution in [0.3, 0.4) is 0 Å². The van der Waals surface area contributed by atoms with Crippen LogP contribution in [0.2, 0.25) is 0 Å². The van der Waals surface area contributed by atoms with Gasteiger partial charge in [-0.15, -0.1) is 0 Å². The standard InChI is InChI=1S/C55H76O9/c1-5-6-7-8-9-10-11-12-13-14-15-16-17-24-31-59-46-47-49(57)55(63-48(46)50(61-47)64-55)60-36-53-34-42-38(4)29-30-43(42)52(35-56)33-41(53)32-44(37(2)3)54(52,53)51(58)62-45(39-25-20-18-21-26-39)40-27-22-19-23-28-40/h18-23,25-28,32,35,37-38,41-43,45-50,57H,5-17,24,29-31,33-34,36H2,1-4H3. The highest BCUT2D eigenvalue weighted by atomic mass is 17.0. The second kappa shape index (κ2) is 19.4. The summed E-state index contributed by atoms with van der Waals surface area (Å²) in [7, 11) is 0. The first-order chi connectivity index (χ1) is 31.2. The van der Waals surface area contributed by atoms with Gasteiger partial charge in [-0.2, -0.15) is 0 Å². The predicted octanol–water partition coefficient (Wildman–Crippen LogP) is 11.2. The lowest BCUT2D eigenvalue weighted by atomic mass is 9.43. The van der Waals surface area contributed by atoms with Gasteiger partial charge in [0.1, 0.15) is 30.0 Å². The molecule has 10 rings (SSSR count). The zero-order chi connectivity index (χ0) is 44.5. The first kappa shape index (κ1) is 46.2. The zero-order valence-electron chi connectivity index (χ0n) is 39.1. The quantitative estimate of drug-likeness (QED) is 0.0451. The van der Waals surface area contributed by atoms with Crippen LogP contribution in [0.4, 0.5) is 0 Å². The largest absolute Gasteiger partial charge is 0.452 e. The molecule has 0 spiro atoms. The summed E-state index contributed by atoms with van der Waals surface area (Å²) < 4.78 is 39.5. The lowest BCUT2D eigenvalue weighted by Crippen LogP contribution is -2.66. The molecule has 2 aromatic carbocycles. The summed E-state index contributed by atoms with van der Waals surface area (Å²) in [5, 5.41) is 12.0. The molecule has 13 unspecified atom stereocenters. The molecule has 4 aliphatic heterocycles. The average molecular weight is 881 g/mol. The number of hydrogen-bond donors (Lipinski definition) is 1. The Hall–Kier alpha value is -2.92. The van der Waals surface area contributed by atoms with Crippen molar-refractivity contribution in [1.29, 1.82) is 0 Å². The van der Waals surface area contributed by atoms with Gasteiger partial charge in [0, 0.05) is 12.0 Å². The van der Waals surface area contributed by atoms with E-state index in [0.717, 1.165) is 48.7 Å². The number of benzene rings is 2. The number of ether oxygens (including phenoxy) is 6. The number of unbranched alkanes of at least 4 members (excludes halogenated alkanes) is 13. The van der Waals surface area contributed by atoms with E-state index in [2.05, 4.69) is 33.8 Å². The molecule has 0 aromatic heterocycles. The van der Waals surface area contributed by atoms with E-state index in [1.807, 2.05) is 60.7 Å². The Morgan fingerprint density at radius 1 is 0.812 bits per heavy atom. The van der Waals surface area contributed by atoms with Crippen LogP contribution in [0, 0.1) is 45.8 Å². The molecule has 3 saturated carbocycles. The number of rotatable bonds is 25. The summed E-state index contributed by atoms with van der Waals surface area (Å²) in [6.07, 6.45) is 20.4. The molecule has 4 heterocycles. The van der Waals surface area contributed by atoms with Crippen molar-refractivity contribution in [3.05, 3.63) is 83.4 Å². The number of allylic oxidation sites excluding steroid dienone is 1. The highest BCUT2D eigenvalue weighted by molar-refractivity contribution is 5.92. The molecule has 1 N–H and O–H groups in total. The van der Waals surface area contributed by atoms with Gasteiger partial charge in [0.15, 0.2) is 18.5 Å². The maximum atomic E-state index is 16.0. The van der Waals surface area contributed by atoms with E-state index in [1.165, 1.54) is 77.0 Å². The lowest BCUT2D eigenvalue weighted by molar-refractivity contribution is -0.448. The third-order valence-electron chi connectivity index (χ3n) is 17.3. The van der Waals surface area contributed by atoms with Crippen molar-refractivity contribution in [2.75, 3.05) is 13.2 Å². The average Bonchev–Trinajstić information content (AvgIpc) is 4.05. The Balaban J connectivity index is 0.890. The number of hydrogen-bond acceptors (Lipinski definition) is 9. The Morgan fingerprint density at radius 2 is 1.42 bits per heavy atom. The normalized spacial score (nSPS) is 37.5. The number of aldehydes is 1. The molecule has 2 aromatic rings. The van der Waals surface area contributed by atoms with Gasteiger partial charge in [0.05, 0.1) is 12.0 Å². The van der Waals surface area contributed by atoms with Crippen molar-refractivity contribution >= 4 is 12.3 Å². The van der Waals surface area contributed by atoms with Crippen LogP contribution >= 0.6 is 0 Å². The van der Waals surface area contributed by atoms with Crippen molar-refractivity contribution in [1.82, 2.24) is 0 Å². The lowest BCUT2D eigenvalue weighted by Gasteiger charge is -2.59. The molecule has 350 valence electrons. The second-order valence-corrected chi connectivity index (χ2v) is 21.2. The van der Waals surface area contributed by atoms with Gasteiger partial charge in [0.25, 0.3) is 0 Å². The molecular formula is C55H76O9. The van der Waals surface area contributed by atoms with E-state index in [4.69, 9.17) is 28.4 Å². The van der Waals surface area contributed by atoms with Crippen molar-refractivity contribution in [2.45, 2.75) is 186 Å². The molecule has 4 aliphatic carbocycles. The van der Waals surface area contributed by atoms with Gasteiger partial charge >= 0.3 is 11.9 Å². The molecule has 9 nitrogen and oxygen atoms in total. The van der Waals surface area contributed by atoms with E-state index < -0.39 is 59.0 Å². The summed E-state index contributed by atoms with van der Waals surface area (Å²) >= 11 is 0. The first-order valence-corrected chi connectivity index (χ1v) is 25.6. The molecule has 13 atom stereocenters. The van der Waals surface area contributed by atoms with E-state index in [1.54, 1.807) is 0 Å². The maximum absolute atomic E-state index is 16.0. The fraction of sp³-hybridized carbons (Fsp3) is 0.709. The van der Waals surface area contributed by atoms with Crippen molar-refractivity contribution in [3.8, 4) is 0 Å². The van der Waals surface area contributed by atoms with Crippen LogP contribution in [0.25, 0.3) is 0 Å². The van der Waals surface area contributed by atoms with Crippen molar-refractivity contribution in [3.63, 3.8) is 0 Å². The topological polar surface area (TPSA) is 110 Å². The van der Waals surface area contributed by atoms with E-state index >= 15 is 4.79 Å². The molecule has 8 bridgehead atoms. The van der Waals surface area contributed by atoms with Gasteiger partial charge in [-0.05, 0) is 66.4 Å². The molecule has 4 saturated heterocycles. The summed E-state index contributed by atoms with van der Waals surface area (Å²) in [6.45, 7) is 9.46. The fourth-order valence-corrected chi connectivity index (χ4v) is 14.3.